The average molecular weight is 220 g/mol. The first-order chi connectivity index (χ1) is 7.63. The van der Waals surface area contributed by atoms with E-state index in [1.54, 1.807) is 6.20 Å². The van der Waals surface area contributed by atoms with Gasteiger partial charge in [0.1, 0.15) is 0 Å². The quantitative estimate of drug-likeness (QED) is 0.784. The highest BCUT2D eigenvalue weighted by molar-refractivity contribution is 5.30. The van der Waals surface area contributed by atoms with E-state index in [4.69, 9.17) is 11.0 Å². The molecular weight excluding hydrogens is 204 g/mol. The van der Waals surface area contributed by atoms with E-state index in [0.717, 1.165) is 12.8 Å². The number of nitriles is 1. The molecule has 0 amide bonds. The largest absolute Gasteiger partial charge is 0.396 e. The molecule has 1 aliphatic rings. The van der Waals surface area contributed by atoms with Gasteiger partial charge in [0.25, 0.3) is 0 Å². The lowest BCUT2D eigenvalue weighted by molar-refractivity contribution is -0.00449. The summed E-state index contributed by atoms with van der Waals surface area (Å²) in [6, 6.07) is 2.35. The third kappa shape index (κ3) is 2.17. The van der Waals surface area contributed by atoms with Crippen LogP contribution in [0.3, 0.4) is 0 Å². The van der Waals surface area contributed by atoms with Gasteiger partial charge in [-0.1, -0.05) is 0 Å². The zero-order valence-corrected chi connectivity index (χ0v) is 9.13. The minimum absolute atomic E-state index is 0.223. The van der Waals surface area contributed by atoms with E-state index < -0.39 is 5.60 Å². The molecule has 5 heteroatoms. The summed E-state index contributed by atoms with van der Waals surface area (Å²) in [7, 11) is 0. The summed E-state index contributed by atoms with van der Waals surface area (Å²) >= 11 is 0. The Balaban J connectivity index is 1.98. The van der Waals surface area contributed by atoms with Crippen molar-refractivity contribution in [3.05, 3.63) is 12.4 Å². The normalized spacial score (nSPS) is 29.9. The Morgan fingerprint density at radius 1 is 1.62 bits per heavy atom. The van der Waals surface area contributed by atoms with Gasteiger partial charge >= 0.3 is 0 Å². The molecule has 1 aromatic rings. The van der Waals surface area contributed by atoms with Crippen molar-refractivity contribution in [2.24, 2.45) is 0 Å². The van der Waals surface area contributed by atoms with Crippen LogP contribution in [0.25, 0.3) is 0 Å². The van der Waals surface area contributed by atoms with Crippen LogP contribution in [0.1, 0.15) is 38.1 Å². The van der Waals surface area contributed by atoms with Gasteiger partial charge in [0.2, 0.25) is 0 Å². The van der Waals surface area contributed by atoms with E-state index in [-0.39, 0.29) is 6.42 Å². The van der Waals surface area contributed by atoms with Crippen LogP contribution in [0.15, 0.2) is 12.4 Å². The fourth-order valence-electron chi connectivity index (χ4n) is 2.28. The molecule has 5 nitrogen and oxygen atoms in total. The third-order valence-corrected chi connectivity index (χ3v) is 3.29. The van der Waals surface area contributed by atoms with Crippen LogP contribution in [-0.2, 0) is 0 Å². The van der Waals surface area contributed by atoms with Crippen molar-refractivity contribution in [2.45, 2.75) is 43.7 Å². The summed E-state index contributed by atoms with van der Waals surface area (Å²) < 4.78 is 1.86. The smallest absolute Gasteiger partial charge is 0.0778 e. The summed E-state index contributed by atoms with van der Waals surface area (Å²) in [5.74, 6) is 0. The molecule has 86 valence electrons. The maximum absolute atomic E-state index is 10.1. The van der Waals surface area contributed by atoms with Gasteiger partial charge in [-0.15, -0.1) is 0 Å². The number of aliphatic hydroxyl groups is 1. The Bertz CT molecular complexity index is 398. The Kier molecular flexibility index (Phi) is 2.84. The van der Waals surface area contributed by atoms with Crippen molar-refractivity contribution in [1.82, 2.24) is 9.78 Å². The standard InChI is InChI=1S/C11H16N4O/c12-6-5-11(16)3-1-10(2-4-11)15-8-9(13)7-14-15/h7-8,10,16H,1-5,13H2. The summed E-state index contributed by atoms with van der Waals surface area (Å²) in [6.45, 7) is 0. The Labute approximate surface area is 94.5 Å². The predicted molar refractivity (Wildman–Crippen MR) is 59.3 cm³/mol. The molecule has 0 aliphatic heterocycles. The molecule has 1 fully saturated rings. The van der Waals surface area contributed by atoms with E-state index in [0.29, 0.717) is 24.6 Å². The summed E-state index contributed by atoms with van der Waals surface area (Å²) in [5.41, 5.74) is 5.49. The molecule has 0 unspecified atom stereocenters. The second-order valence-corrected chi connectivity index (χ2v) is 4.54. The lowest BCUT2D eigenvalue weighted by atomic mass is 9.80. The second-order valence-electron chi connectivity index (χ2n) is 4.54. The maximum Gasteiger partial charge on any atom is 0.0778 e. The van der Waals surface area contributed by atoms with E-state index >= 15 is 0 Å². The molecule has 0 radical (unpaired) electrons. The molecule has 1 aliphatic carbocycles. The maximum atomic E-state index is 10.1. The lowest BCUT2D eigenvalue weighted by Crippen LogP contribution is -2.34. The molecule has 2 rings (SSSR count). The minimum atomic E-state index is -0.788. The summed E-state index contributed by atoms with van der Waals surface area (Å²) in [5, 5.41) is 22.9. The SMILES string of the molecule is N#CCC1(O)CCC(n2cc(N)cn2)CC1. The predicted octanol–water partition coefficient (Wildman–Crippen LogP) is 1.23. The summed E-state index contributed by atoms with van der Waals surface area (Å²) in [4.78, 5) is 0. The molecule has 0 atom stereocenters. The van der Waals surface area contributed by atoms with Crippen LogP contribution in [-0.4, -0.2) is 20.5 Å². The zero-order chi connectivity index (χ0) is 11.6. The number of nitrogens with zero attached hydrogens (tertiary/aromatic N) is 3. The van der Waals surface area contributed by atoms with E-state index in [1.807, 2.05) is 16.9 Å². The number of nitrogen functional groups attached to an aromatic ring is 1. The molecule has 1 aromatic heterocycles. The topological polar surface area (TPSA) is 87.9 Å². The van der Waals surface area contributed by atoms with Gasteiger partial charge in [-0.05, 0) is 25.7 Å². The number of hydrogen-bond donors (Lipinski definition) is 2. The van der Waals surface area contributed by atoms with Gasteiger partial charge in [-0.25, -0.2) is 0 Å². The number of aromatic nitrogens is 2. The number of nitrogens with two attached hydrogens (primary N) is 1. The number of rotatable bonds is 2. The van der Waals surface area contributed by atoms with Crippen molar-refractivity contribution < 1.29 is 5.11 Å². The van der Waals surface area contributed by atoms with E-state index in [2.05, 4.69) is 5.10 Å². The second kappa shape index (κ2) is 4.14. The molecular formula is C11H16N4O. The van der Waals surface area contributed by atoms with Crippen molar-refractivity contribution in [3.8, 4) is 6.07 Å². The first kappa shape index (κ1) is 11.0. The third-order valence-electron chi connectivity index (χ3n) is 3.29. The van der Waals surface area contributed by atoms with Gasteiger partial charge in [-0.3, -0.25) is 4.68 Å². The molecule has 0 bridgehead atoms. The van der Waals surface area contributed by atoms with Gasteiger partial charge in [-0.2, -0.15) is 10.4 Å². The Morgan fingerprint density at radius 3 is 2.81 bits per heavy atom. The van der Waals surface area contributed by atoms with Gasteiger partial charge < -0.3 is 10.8 Å². The van der Waals surface area contributed by atoms with Gasteiger partial charge in [0.15, 0.2) is 0 Å². The van der Waals surface area contributed by atoms with Crippen molar-refractivity contribution in [1.29, 1.82) is 5.26 Å². The zero-order valence-electron chi connectivity index (χ0n) is 9.13. The van der Waals surface area contributed by atoms with Crippen LogP contribution in [0.4, 0.5) is 5.69 Å². The van der Waals surface area contributed by atoms with Crippen molar-refractivity contribution in [2.75, 3.05) is 5.73 Å². The van der Waals surface area contributed by atoms with Gasteiger partial charge in [0, 0.05) is 6.20 Å². The van der Waals surface area contributed by atoms with Crippen molar-refractivity contribution in [3.63, 3.8) is 0 Å². The Hall–Kier alpha value is -1.54. The highest BCUT2D eigenvalue weighted by atomic mass is 16.3. The first-order valence-corrected chi connectivity index (χ1v) is 5.52. The van der Waals surface area contributed by atoms with E-state index in [9.17, 15) is 5.11 Å². The highest BCUT2D eigenvalue weighted by Crippen LogP contribution is 2.36. The first-order valence-electron chi connectivity index (χ1n) is 5.52. The molecule has 3 N–H and O–H groups in total. The van der Waals surface area contributed by atoms with Crippen LogP contribution in [0.5, 0.6) is 0 Å². The lowest BCUT2D eigenvalue weighted by Gasteiger charge is -2.34. The van der Waals surface area contributed by atoms with Crippen LogP contribution >= 0.6 is 0 Å². The average Bonchev–Trinajstić information content (AvgIpc) is 2.66. The van der Waals surface area contributed by atoms with Crippen LogP contribution in [0, 0.1) is 11.3 Å². The molecule has 0 spiro atoms. The number of hydrogen-bond acceptors (Lipinski definition) is 4. The van der Waals surface area contributed by atoms with E-state index in [1.165, 1.54) is 0 Å². The Morgan fingerprint density at radius 2 is 2.31 bits per heavy atom. The molecule has 0 aromatic carbocycles. The minimum Gasteiger partial charge on any atom is -0.396 e. The number of anilines is 1. The highest BCUT2D eigenvalue weighted by Gasteiger charge is 2.33. The van der Waals surface area contributed by atoms with Crippen LogP contribution < -0.4 is 5.73 Å². The molecule has 16 heavy (non-hydrogen) atoms. The molecule has 1 saturated carbocycles. The summed E-state index contributed by atoms with van der Waals surface area (Å²) in [6.07, 6.45) is 6.69. The molecule has 0 saturated heterocycles. The molecule has 1 heterocycles. The fraction of sp³-hybridized carbons (Fsp3) is 0.636. The fourth-order valence-corrected chi connectivity index (χ4v) is 2.28. The van der Waals surface area contributed by atoms with Gasteiger partial charge in [0.05, 0.1) is 36.0 Å². The van der Waals surface area contributed by atoms with Crippen LogP contribution in [0.2, 0.25) is 0 Å². The monoisotopic (exact) mass is 220 g/mol. The van der Waals surface area contributed by atoms with Crippen molar-refractivity contribution >= 4 is 5.69 Å².